The molecule has 0 bridgehead atoms. The van der Waals surface area contributed by atoms with Gasteiger partial charge in [0.05, 0.1) is 0 Å². The van der Waals surface area contributed by atoms with Crippen LogP contribution in [0, 0.1) is 0 Å². The maximum absolute atomic E-state index is 0. The molecule has 0 unspecified atom stereocenters. The van der Waals surface area contributed by atoms with Crippen LogP contribution in [0.1, 0.15) is 0 Å². The van der Waals surface area contributed by atoms with Gasteiger partial charge in [0.1, 0.15) is 0 Å². The predicted octanol–water partition coefficient (Wildman–Crippen LogP) is -1.59. The van der Waals surface area contributed by atoms with Crippen molar-refractivity contribution in [1.29, 1.82) is 0 Å². The molecule has 0 atom stereocenters. The van der Waals surface area contributed by atoms with E-state index in [0.717, 1.165) is 0 Å². The Morgan fingerprint density at radius 3 is 1.00 bits per heavy atom. The van der Waals surface area contributed by atoms with E-state index in [-0.39, 0.29) is 89.6 Å². The largest absolute Gasteiger partial charge is 0.412 e. The molecule has 2 N–H and O–H groups in total. The topological polar surface area (TPSA) is 31.5 Å². The first kappa shape index (κ1) is 30.1. The van der Waals surface area contributed by atoms with E-state index in [1.54, 1.807) is 0 Å². The summed E-state index contributed by atoms with van der Waals surface area (Å²) >= 11 is 0. The molecule has 0 rings (SSSR count). The van der Waals surface area contributed by atoms with Gasteiger partial charge in [-0.2, -0.15) is 0 Å². The fourth-order valence-corrected chi connectivity index (χ4v) is 0. The molecule has 0 aromatic rings. The van der Waals surface area contributed by atoms with Crippen molar-refractivity contribution in [3.8, 4) is 0 Å². The van der Waals surface area contributed by atoms with Gasteiger partial charge < -0.3 is 5.48 Å². The summed E-state index contributed by atoms with van der Waals surface area (Å²) in [7, 11) is 0. The number of hydrogen-bond acceptors (Lipinski definition) is 0. The first-order chi connectivity index (χ1) is 0. The Kier molecular flexibility index (Phi) is 130. The summed E-state index contributed by atoms with van der Waals surface area (Å²) in [6.45, 7) is 0. The van der Waals surface area contributed by atoms with Crippen LogP contribution in [0.25, 0.3) is 0 Å². The molecular formula is H2GeOSrW. The first-order valence-electron chi connectivity index (χ1n) is 0. The molecule has 0 heterocycles. The minimum Gasteiger partial charge on any atom is -0.412 e. The van der Waals surface area contributed by atoms with Gasteiger partial charge in [0.25, 0.3) is 0 Å². The third-order valence-corrected chi connectivity index (χ3v) is 0. The van der Waals surface area contributed by atoms with E-state index in [1.165, 1.54) is 0 Å². The molecule has 0 aromatic carbocycles. The van der Waals surface area contributed by atoms with Crippen LogP contribution in [-0.4, -0.2) is 68.6 Å². The molecule has 1 nitrogen and oxygen atoms in total. The van der Waals surface area contributed by atoms with Gasteiger partial charge in [-0.15, -0.1) is 0 Å². The Labute approximate surface area is 87.7 Å². The summed E-state index contributed by atoms with van der Waals surface area (Å²) in [5.41, 5.74) is 0. The Morgan fingerprint density at radius 1 is 1.00 bits per heavy atom. The fraction of sp³-hybridized carbons (Fsp3) is 0. The average molecular weight is 362 g/mol. The van der Waals surface area contributed by atoms with E-state index in [0.29, 0.717) is 0 Å². The predicted molar refractivity (Wildman–Crippen MR) is 15.1 cm³/mol. The van der Waals surface area contributed by atoms with Crippen molar-refractivity contribution < 1.29 is 26.5 Å². The van der Waals surface area contributed by atoms with Crippen molar-refractivity contribution in [2.24, 2.45) is 0 Å². The second-order valence-corrected chi connectivity index (χ2v) is 0. The molecule has 0 amide bonds. The van der Waals surface area contributed by atoms with E-state index >= 15 is 0 Å². The van der Waals surface area contributed by atoms with Gasteiger partial charge in [-0.05, 0) is 0 Å². The summed E-state index contributed by atoms with van der Waals surface area (Å²) in [6, 6.07) is 0. The van der Waals surface area contributed by atoms with Gasteiger partial charge >= 0.3 is 0 Å². The standard InChI is InChI=1S/Ge.H2O.Sr.W/h;1H2;;. The SMILES string of the molecule is O.[Ge].[Sr].[W]. The summed E-state index contributed by atoms with van der Waals surface area (Å²) in [6.07, 6.45) is 0. The maximum atomic E-state index is 0. The van der Waals surface area contributed by atoms with E-state index in [4.69, 9.17) is 0 Å². The van der Waals surface area contributed by atoms with Crippen LogP contribution in [0.3, 0.4) is 0 Å². The fourth-order valence-electron chi connectivity index (χ4n) is 0. The molecule has 0 fully saturated rings. The van der Waals surface area contributed by atoms with Crippen LogP contribution in [0.2, 0.25) is 0 Å². The Bertz CT molecular complexity index is 8.00. The normalized spacial score (nSPS) is 0. The van der Waals surface area contributed by atoms with E-state index in [9.17, 15) is 0 Å². The van der Waals surface area contributed by atoms with Crippen molar-refractivity contribution in [3.63, 3.8) is 0 Å². The minimum atomic E-state index is 0. The van der Waals surface area contributed by atoms with Crippen LogP contribution < -0.4 is 0 Å². The van der Waals surface area contributed by atoms with Crippen LogP contribution in [0.5, 0.6) is 0 Å². The van der Waals surface area contributed by atoms with Gasteiger partial charge in [0, 0.05) is 84.1 Å². The van der Waals surface area contributed by atoms with Crippen molar-refractivity contribution in [2.75, 3.05) is 0 Å². The first-order valence-corrected chi connectivity index (χ1v) is 0. The molecule has 4 heteroatoms. The summed E-state index contributed by atoms with van der Waals surface area (Å²) < 4.78 is 0. The number of rotatable bonds is 0. The third kappa shape index (κ3) is 8.82. The summed E-state index contributed by atoms with van der Waals surface area (Å²) in [5, 5.41) is 0. The average Bonchev–Trinajstić information content (AvgIpc) is 0. The maximum Gasteiger partial charge on any atom is 0 e. The molecule has 6 radical (unpaired) electrons. The molecule has 20 valence electrons. The van der Waals surface area contributed by atoms with Crippen molar-refractivity contribution in [3.05, 3.63) is 0 Å². The molecule has 0 aliphatic rings. The minimum absolute atomic E-state index is 0. The quantitative estimate of drug-likeness (QED) is 0.466. The van der Waals surface area contributed by atoms with Crippen molar-refractivity contribution >= 4 is 63.1 Å². The van der Waals surface area contributed by atoms with Gasteiger partial charge in [-0.3, -0.25) is 0 Å². The van der Waals surface area contributed by atoms with E-state index in [2.05, 4.69) is 0 Å². The van der Waals surface area contributed by atoms with E-state index < -0.39 is 0 Å². The molecular weight excluding hydrogens is 360 g/mol. The van der Waals surface area contributed by atoms with Crippen LogP contribution in [0.15, 0.2) is 0 Å². The van der Waals surface area contributed by atoms with E-state index in [1.807, 2.05) is 0 Å². The molecule has 0 aliphatic heterocycles. The summed E-state index contributed by atoms with van der Waals surface area (Å²) in [5.74, 6) is 0. The zero-order chi connectivity index (χ0) is 0. The molecule has 0 saturated carbocycles. The smallest absolute Gasteiger partial charge is 0 e. The van der Waals surface area contributed by atoms with Gasteiger partial charge in [0.2, 0.25) is 0 Å². The molecule has 0 aliphatic carbocycles. The monoisotopic (exact) mass is 364 g/mol. The second kappa shape index (κ2) is 17.3. The zero-order valence-corrected chi connectivity index (χ0v) is 10.6. The van der Waals surface area contributed by atoms with Crippen LogP contribution >= 0.6 is 0 Å². The Morgan fingerprint density at radius 2 is 1.00 bits per heavy atom. The molecule has 0 aromatic heterocycles. The van der Waals surface area contributed by atoms with Gasteiger partial charge in [-0.1, -0.05) is 0 Å². The van der Waals surface area contributed by atoms with Gasteiger partial charge in [0.15, 0.2) is 0 Å². The number of hydrogen-bond donors (Lipinski definition) is 0. The summed E-state index contributed by atoms with van der Waals surface area (Å²) in [4.78, 5) is 0. The Balaban J connectivity index is 0. The molecule has 0 spiro atoms. The zero-order valence-electron chi connectivity index (χ0n) is 2.12. The van der Waals surface area contributed by atoms with Crippen LogP contribution in [0.4, 0.5) is 0 Å². The molecule has 4 heavy (non-hydrogen) atoms. The second-order valence-electron chi connectivity index (χ2n) is 0. The van der Waals surface area contributed by atoms with Gasteiger partial charge in [-0.25, -0.2) is 0 Å². The Hall–Kier alpha value is 2.67. The third-order valence-electron chi connectivity index (χ3n) is 0. The van der Waals surface area contributed by atoms with Crippen LogP contribution in [-0.2, 0) is 21.1 Å². The van der Waals surface area contributed by atoms with Crippen molar-refractivity contribution in [1.82, 2.24) is 0 Å². The molecule has 0 saturated heterocycles. The van der Waals surface area contributed by atoms with Crippen molar-refractivity contribution in [2.45, 2.75) is 0 Å².